The van der Waals surface area contributed by atoms with E-state index in [1.54, 1.807) is 18.9 Å². The molecular formula is C26H31N7O2. The summed E-state index contributed by atoms with van der Waals surface area (Å²) in [5, 5.41) is 10.1. The lowest BCUT2D eigenvalue weighted by Gasteiger charge is -2.29. The molecule has 0 saturated carbocycles. The number of ketones is 1. The van der Waals surface area contributed by atoms with E-state index in [1.165, 1.54) is 0 Å². The second kappa shape index (κ2) is 10.8. The second-order valence-electron chi connectivity index (χ2n) is 9.12. The van der Waals surface area contributed by atoms with Crippen LogP contribution in [0.1, 0.15) is 40.9 Å². The quantitative estimate of drug-likeness (QED) is 0.331. The van der Waals surface area contributed by atoms with Crippen LogP contribution in [0, 0.1) is 5.92 Å². The molecule has 0 spiro atoms. The molecule has 9 nitrogen and oxygen atoms in total. The minimum atomic E-state index is -0.143. The summed E-state index contributed by atoms with van der Waals surface area (Å²) >= 11 is 0. The number of rotatable bonds is 9. The summed E-state index contributed by atoms with van der Waals surface area (Å²) in [4.78, 5) is 28.3. The molecule has 3 atom stereocenters. The molecule has 1 aromatic heterocycles. The molecule has 1 fully saturated rings. The Morgan fingerprint density at radius 2 is 2.29 bits per heavy atom. The van der Waals surface area contributed by atoms with Crippen LogP contribution in [0.4, 0.5) is 0 Å². The van der Waals surface area contributed by atoms with Gasteiger partial charge < -0.3 is 10.1 Å². The Hall–Kier alpha value is -3.59. The van der Waals surface area contributed by atoms with Gasteiger partial charge in [-0.3, -0.25) is 24.8 Å². The van der Waals surface area contributed by atoms with Crippen molar-refractivity contribution in [2.24, 2.45) is 20.9 Å². The number of hydrogen-bond acceptors (Lipinski definition) is 7. The SMILES string of the molecule is C=CC(/N=C\NC1=NC=NC1)N1CCC[C@@H]1COc1cccc2c1CC[C@H](Cc1ccn[nH]1)C2=O. The number of fused-ring (bicyclic) bond motifs is 1. The standard InChI is InChI=1S/C26H31N7O2/c1-2-25(30-17-29-24-14-27-16-28-24)33-12-4-5-20(33)15-35-23-7-3-6-22-21(23)9-8-18(26(22)34)13-19-10-11-31-32-19/h2-3,6-7,10-11,16-18,20,25H,1,4-5,8-9,12-15H2,(H,31,32)(H,27,28,29,30)/t18-,20-,25?/m1/s1. The van der Waals surface area contributed by atoms with E-state index in [9.17, 15) is 4.79 Å². The van der Waals surface area contributed by atoms with E-state index in [2.05, 4.69) is 42.0 Å². The molecule has 9 heteroatoms. The zero-order chi connectivity index (χ0) is 24.0. The number of nitrogens with zero attached hydrogens (tertiary/aromatic N) is 5. The number of amidine groups is 1. The number of aromatic nitrogens is 2. The van der Waals surface area contributed by atoms with Crippen molar-refractivity contribution in [2.45, 2.75) is 44.3 Å². The van der Waals surface area contributed by atoms with Crippen LogP contribution in [0.25, 0.3) is 0 Å². The Balaban J connectivity index is 1.21. The van der Waals surface area contributed by atoms with E-state index in [1.807, 2.05) is 30.3 Å². The molecule has 35 heavy (non-hydrogen) atoms. The first-order valence-corrected chi connectivity index (χ1v) is 12.2. The number of H-pyrrole nitrogens is 1. The van der Waals surface area contributed by atoms with E-state index in [-0.39, 0.29) is 23.9 Å². The second-order valence-corrected chi connectivity index (χ2v) is 9.12. The van der Waals surface area contributed by atoms with Crippen molar-refractivity contribution in [3.63, 3.8) is 0 Å². The topological polar surface area (TPSA) is 107 Å². The van der Waals surface area contributed by atoms with Crippen molar-refractivity contribution in [3.05, 3.63) is 59.9 Å². The monoisotopic (exact) mass is 473 g/mol. The Bertz CT molecular complexity index is 1140. The first kappa shape index (κ1) is 23.2. The fraction of sp³-hybridized carbons (Fsp3) is 0.423. The van der Waals surface area contributed by atoms with E-state index >= 15 is 0 Å². The number of aliphatic imine (C=N–C) groups is 3. The van der Waals surface area contributed by atoms with Gasteiger partial charge in [-0.15, -0.1) is 0 Å². The van der Waals surface area contributed by atoms with Gasteiger partial charge in [0.25, 0.3) is 0 Å². The lowest BCUT2D eigenvalue weighted by molar-refractivity contribution is 0.0898. The maximum absolute atomic E-state index is 13.2. The molecule has 1 aliphatic carbocycles. The maximum atomic E-state index is 13.2. The zero-order valence-electron chi connectivity index (χ0n) is 19.8. The average molecular weight is 474 g/mol. The highest BCUT2D eigenvalue weighted by Gasteiger charge is 2.32. The first-order valence-electron chi connectivity index (χ1n) is 12.2. The molecular weight excluding hydrogens is 442 g/mol. The third kappa shape index (κ3) is 5.24. The van der Waals surface area contributed by atoms with E-state index in [0.717, 1.165) is 60.6 Å². The van der Waals surface area contributed by atoms with Crippen molar-refractivity contribution in [3.8, 4) is 5.75 Å². The van der Waals surface area contributed by atoms with Crippen LogP contribution in [0.5, 0.6) is 5.75 Å². The number of aromatic amines is 1. The van der Waals surface area contributed by atoms with Gasteiger partial charge in [0.15, 0.2) is 5.78 Å². The third-order valence-electron chi connectivity index (χ3n) is 6.94. The Labute approximate surface area is 205 Å². The molecule has 5 rings (SSSR count). The summed E-state index contributed by atoms with van der Waals surface area (Å²) in [5.41, 5.74) is 2.82. The van der Waals surface area contributed by atoms with Crippen LogP contribution in [-0.2, 0) is 12.8 Å². The minimum absolute atomic E-state index is 0.0231. The molecule has 182 valence electrons. The summed E-state index contributed by atoms with van der Waals surface area (Å²) < 4.78 is 6.34. The molecule has 2 N–H and O–H groups in total. The predicted molar refractivity (Wildman–Crippen MR) is 137 cm³/mol. The molecule has 0 radical (unpaired) electrons. The molecule has 1 aromatic carbocycles. The van der Waals surface area contributed by atoms with E-state index < -0.39 is 0 Å². The highest BCUT2D eigenvalue weighted by molar-refractivity contribution is 6.01. The van der Waals surface area contributed by atoms with Crippen LogP contribution in [-0.4, -0.2) is 71.3 Å². The summed E-state index contributed by atoms with van der Waals surface area (Å²) in [6.45, 7) is 6.03. The largest absolute Gasteiger partial charge is 0.492 e. The van der Waals surface area contributed by atoms with Gasteiger partial charge in [0.05, 0.1) is 12.9 Å². The highest BCUT2D eigenvalue weighted by Crippen LogP contribution is 2.34. The van der Waals surface area contributed by atoms with Gasteiger partial charge in [-0.05, 0) is 44.2 Å². The lowest BCUT2D eigenvalue weighted by Crippen LogP contribution is -2.40. The average Bonchev–Trinajstić information content (AvgIpc) is 3.66. The molecule has 1 unspecified atom stereocenters. The van der Waals surface area contributed by atoms with Crippen LogP contribution in [0.15, 0.2) is 58.1 Å². The van der Waals surface area contributed by atoms with Gasteiger partial charge >= 0.3 is 0 Å². The van der Waals surface area contributed by atoms with Crippen molar-refractivity contribution in [2.75, 3.05) is 19.7 Å². The maximum Gasteiger partial charge on any atom is 0.166 e. The number of likely N-dealkylation sites (tertiary alicyclic amines) is 1. The normalized spacial score (nSPS) is 22.9. The van der Waals surface area contributed by atoms with Gasteiger partial charge in [-0.2, -0.15) is 5.10 Å². The van der Waals surface area contributed by atoms with Crippen molar-refractivity contribution in [1.29, 1.82) is 0 Å². The number of carbonyl (C=O) groups is 1. The lowest BCUT2D eigenvalue weighted by atomic mass is 9.80. The fourth-order valence-corrected chi connectivity index (χ4v) is 5.12. The third-order valence-corrected chi connectivity index (χ3v) is 6.94. The van der Waals surface area contributed by atoms with Crippen LogP contribution in [0.2, 0.25) is 0 Å². The number of Topliss-reactive ketones (excluding diaryl/α,β-unsaturated/α-hetero) is 1. The van der Waals surface area contributed by atoms with E-state index in [0.29, 0.717) is 19.6 Å². The number of ether oxygens (including phenoxy) is 1. The Morgan fingerprint density at radius 3 is 3.09 bits per heavy atom. The van der Waals surface area contributed by atoms with Gasteiger partial charge in [0.1, 0.15) is 30.7 Å². The summed E-state index contributed by atoms with van der Waals surface area (Å²) in [5.74, 6) is 1.78. The van der Waals surface area contributed by atoms with Gasteiger partial charge in [-0.1, -0.05) is 24.8 Å². The molecule has 1 saturated heterocycles. The Kier molecular flexibility index (Phi) is 7.13. The number of hydrogen-bond donors (Lipinski definition) is 2. The van der Waals surface area contributed by atoms with Crippen LogP contribution in [0.3, 0.4) is 0 Å². The Morgan fingerprint density at radius 1 is 1.34 bits per heavy atom. The zero-order valence-corrected chi connectivity index (χ0v) is 19.8. The number of benzene rings is 1. The summed E-state index contributed by atoms with van der Waals surface area (Å²) in [7, 11) is 0. The van der Waals surface area contributed by atoms with E-state index in [4.69, 9.17) is 4.74 Å². The first-order chi connectivity index (χ1) is 17.2. The molecule has 0 amide bonds. The molecule has 3 aliphatic rings. The number of nitrogens with one attached hydrogen (secondary N) is 2. The van der Waals surface area contributed by atoms with Gasteiger partial charge in [0.2, 0.25) is 0 Å². The number of carbonyl (C=O) groups excluding carboxylic acids is 1. The van der Waals surface area contributed by atoms with Crippen LogP contribution < -0.4 is 10.1 Å². The summed E-state index contributed by atoms with van der Waals surface area (Å²) in [6, 6.07) is 8.00. The molecule has 2 aliphatic heterocycles. The van der Waals surface area contributed by atoms with Crippen molar-refractivity contribution < 1.29 is 9.53 Å². The highest BCUT2D eigenvalue weighted by atomic mass is 16.5. The molecule has 3 heterocycles. The van der Waals surface area contributed by atoms with Crippen molar-refractivity contribution >= 4 is 24.3 Å². The van der Waals surface area contributed by atoms with Gasteiger partial charge in [-0.25, -0.2) is 4.99 Å². The minimum Gasteiger partial charge on any atom is -0.492 e. The van der Waals surface area contributed by atoms with Crippen LogP contribution >= 0.6 is 0 Å². The predicted octanol–water partition coefficient (Wildman–Crippen LogP) is 2.81. The fourth-order valence-electron chi connectivity index (χ4n) is 5.12. The molecule has 0 bridgehead atoms. The smallest absolute Gasteiger partial charge is 0.166 e. The summed E-state index contributed by atoms with van der Waals surface area (Å²) in [6.07, 6.45) is 11.1. The van der Waals surface area contributed by atoms with Gasteiger partial charge in [0, 0.05) is 41.5 Å². The molecule has 2 aromatic rings. The van der Waals surface area contributed by atoms with Crippen molar-refractivity contribution in [1.82, 2.24) is 20.4 Å².